The van der Waals surface area contributed by atoms with Gasteiger partial charge in [0.2, 0.25) is 0 Å². The molecule has 1 aliphatic rings. The number of aromatic nitrogens is 1. The van der Waals surface area contributed by atoms with E-state index in [1.54, 1.807) is 11.8 Å². The molecule has 5 nitrogen and oxygen atoms in total. The van der Waals surface area contributed by atoms with Gasteiger partial charge in [-0.05, 0) is 19.9 Å². The Hall–Kier alpha value is -1.85. The van der Waals surface area contributed by atoms with Gasteiger partial charge in [-0.3, -0.25) is 4.79 Å². The number of amides is 1. The van der Waals surface area contributed by atoms with Crippen molar-refractivity contribution < 1.29 is 9.32 Å². The predicted octanol–water partition coefficient (Wildman–Crippen LogP) is 2.51. The van der Waals surface area contributed by atoms with E-state index in [1.807, 2.05) is 37.4 Å². The number of hydrogen-bond donors (Lipinski definition) is 1. The highest BCUT2D eigenvalue weighted by Gasteiger charge is 2.29. The molecule has 1 atom stereocenters. The summed E-state index contributed by atoms with van der Waals surface area (Å²) in [5.74, 6) is 0.540. The van der Waals surface area contributed by atoms with E-state index in [0.29, 0.717) is 17.0 Å². The van der Waals surface area contributed by atoms with E-state index in [1.165, 1.54) is 0 Å². The van der Waals surface area contributed by atoms with Crippen LogP contribution in [-0.4, -0.2) is 42.1 Å². The lowest BCUT2D eigenvalue weighted by atomic mass is 10.0. The van der Waals surface area contributed by atoms with E-state index < -0.39 is 0 Å². The SMILES string of the molecule is Cc1onc(-c2ccccc2)c1C(=O)N(C)C1CCNC1.Cl. The molecule has 1 aromatic carbocycles. The molecular weight excluding hydrogens is 302 g/mol. The maximum atomic E-state index is 12.8. The number of rotatable bonds is 3. The molecule has 0 bridgehead atoms. The van der Waals surface area contributed by atoms with Crippen molar-refractivity contribution >= 4 is 18.3 Å². The van der Waals surface area contributed by atoms with Gasteiger partial charge >= 0.3 is 0 Å². The highest BCUT2D eigenvalue weighted by atomic mass is 35.5. The number of aryl methyl sites for hydroxylation is 1. The molecule has 2 aromatic rings. The summed E-state index contributed by atoms with van der Waals surface area (Å²) in [4.78, 5) is 14.6. The first-order chi connectivity index (χ1) is 10.2. The molecule has 0 saturated carbocycles. The molecular formula is C16H20ClN3O2. The maximum absolute atomic E-state index is 12.8. The van der Waals surface area contributed by atoms with Gasteiger partial charge in [0, 0.05) is 25.2 Å². The minimum Gasteiger partial charge on any atom is -0.360 e. The third-order valence-corrected chi connectivity index (χ3v) is 4.03. The molecule has 0 aliphatic carbocycles. The summed E-state index contributed by atoms with van der Waals surface area (Å²) in [6.45, 7) is 3.58. The van der Waals surface area contributed by atoms with Crippen molar-refractivity contribution in [2.45, 2.75) is 19.4 Å². The molecule has 2 heterocycles. The summed E-state index contributed by atoms with van der Waals surface area (Å²) in [6, 6.07) is 9.90. The fourth-order valence-electron chi connectivity index (χ4n) is 2.73. The second kappa shape index (κ2) is 6.94. The zero-order chi connectivity index (χ0) is 14.8. The van der Waals surface area contributed by atoms with Gasteiger partial charge in [-0.25, -0.2) is 0 Å². The summed E-state index contributed by atoms with van der Waals surface area (Å²) in [5.41, 5.74) is 2.09. The van der Waals surface area contributed by atoms with Crippen LogP contribution in [0.2, 0.25) is 0 Å². The first-order valence-electron chi connectivity index (χ1n) is 7.18. The lowest BCUT2D eigenvalue weighted by Crippen LogP contribution is -2.38. The second-order valence-corrected chi connectivity index (χ2v) is 5.39. The zero-order valence-corrected chi connectivity index (χ0v) is 13.5. The van der Waals surface area contributed by atoms with Crippen LogP contribution in [0.1, 0.15) is 22.5 Å². The van der Waals surface area contributed by atoms with E-state index in [0.717, 1.165) is 25.1 Å². The van der Waals surface area contributed by atoms with E-state index in [2.05, 4.69) is 10.5 Å². The second-order valence-electron chi connectivity index (χ2n) is 5.39. The monoisotopic (exact) mass is 321 g/mol. The number of hydrogen-bond acceptors (Lipinski definition) is 4. The van der Waals surface area contributed by atoms with Gasteiger partial charge in [0.15, 0.2) is 0 Å². The number of likely N-dealkylation sites (N-methyl/N-ethyl adjacent to an activating group) is 1. The van der Waals surface area contributed by atoms with Crippen molar-refractivity contribution in [3.8, 4) is 11.3 Å². The fourth-order valence-corrected chi connectivity index (χ4v) is 2.73. The Morgan fingerprint density at radius 2 is 2.09 bits per heavy atom. The van der Waals surface area contributed by atoms with Crippen LogP contribution in [0.25, 0.3) is 11.3 Å². The molecule has 0 spiro atoms. The largest absolute Gasteiger partial charge is 0.360 e. The molecule has 1 amide bonds. The zero-order valence-electron chi connectivity index (χ0n) is 12.7. The first kappa shape index (κ1) is 16.5. The Labute approximate surface area is 136 Å². The third kappa shape index (κ3) is 3.00. The molecule has 0 radical (unpaired) electrons. The standard InChI is InChI=1S/C16H19N3O2.ClH/c1-11-14(16(20)19(2)13-8-9-17-10-13)15(18-21-11)12-6-4-3-5-7-12;/h3-7,13,17H,8-10H2,1-2H3;1H. The van der Waals surface area contributed by atoms with Crippen molar-refractivity contribution in [2.75, 3.05) is 20.1 Å². The highest BCUT2D eigenvalue weighted by molar-refractivity contribution is 6.00. The van der Waals surface area contributed by atoms with E-state index in [-0.39, 0.29) is 24.4 Å². The van der Waals surface area contributed by atoms with Crippen molar-refractivity contribution in [3.05, 3.63) is 41.7 Å². The number of halogens is 1. The molecule has 22 heavy (non-hydrogen) atoms. The van der Waals surface area contributed by atoms with Crippen LogP contribution < -0.4 is 5.32 Å². The third-order valence-electron chi connectivity index (χ3n) is 4.03. The Bertz CT molecular complexity index is 636. The summed E-state index contributed by atoms with van der Waals surface area (Å²) in [7, 11) is 1.85. The molecule has 118 valence electrons. The topological polar surface area (TPSA) is 58.4 Å². The van der Waals surface area contributed by atoms with Gasteiger partial charge in [0.05, 0.1) is 0 Å². The van der Waals surface area contributed by atoms with Crippen LogP contribution >= 0.6 is 12.4 Å². The van der Waals surface area contributed by atoms with Crippen LogP contribution in [0, 0.1) is 6.92 Å². The summed E-state index contributed by atoms with van der Waals surface area (Å²) in [6.07, 6.45) is 0.979. The average Bonchev–Trinajstić information content (AvgIpc) is 3.16. The number of nitrogens with zero attached hydrogens (tertiary/aromatic N) is 2. The van der Waals surface area contributed by atoms with Crippen molar-refractivity contribution in [2.24, 2.45) is 0 Å². The van der Waals surface area contributed by atoms with Crippen molar-refractivity contribution in [1.82, 2.24) is 15.4 Å². The molecule has 6 heteroatoms. The molecule has 1 unspecified atom stereocenters. The van der Waals surface area contributed by atoms with Crippen LogP contribution in [0.3, 0.4) is 0 Å². The lowest BCUT2D eigenvalue weighted by Gasteiger charge is -2.23. The normalized spacial score (nSPS) is 17.1. The van der Waals surface area contributed by atoms with Gasteiger partial charge in [-0.15, -0.1) is 12.4 Å². The minimum absolute atomic E-state index is 0. The molecule has 1 saturated heterocycles. The number of carbonyl (C=O) groups is 1. The van der Waals surface area contributed by atoms with Gasteiger partial charge in [-0.2, -0.15) is 0 Å². The minimum atomic E-state index is -0.0266. The summed E-state index contributed by atoms with van der Waals surface area (Å²) >= 11 is 0. The smallest absolute Gasteiger partial charge is 0.259 e. The van der Waals surface area contributed by atoms with Crippen molar-refractivity contribution in [1.29, 1.82) is 0 Å². The summed E-state index contributed by atoms with van der Waals surface area (Å²) < 4.78 is 5.27. The van der Waals surface area contributed by atoms with Gasteiger partial charge < -0.3 is 14.7 Å². The Morgan fingerprint density at radius 3 is 2.73 bits per heavy atom. The van der Waals surface area contributed by atoms with Gasteiger partial charge in [-0.1, -0.05) is 35.5 Å². The Balaban J connectivity index is 0.00000176. The van der Waals surface area contributed by atoms with E-state index >= 15 is 0 Å². The lowest BCUT2D eigenvalue weighted by molar-refractivity contribution is 0.0742. The van der Waals surface area contributed by atoms with Crippen LogP contribution in [-0.2, 0) is 0 Å². The highest BCUT2D eigenvalue weighted by Crippen LogP contribution is 2.26. The maximum Gasteiger partial charge on any atom is 0.259 e. The first-order valence-corrected chi connectivity index (χ1v) is 7.18. The molecule has 1 aromatic heterocycles. The number of benzene rings is 1. The average molecular weight is 322 g/mol. The Kier molecular flexibility index (Phi) is 5.21. The Morgan fingerprint density at radius 1 is 1.36 bits per heavy atom. The predicted molar refractivity (Wildman–Crippen MR) is 87.3 cm³/mol. The van der Waals surface area contributed by atoms with Crippen LogP contribution in [0.4, 0.5) is 0 Å². The van der Waals surface area contributed by atoms with Gasteiger partial charge in [0.1, 0.15) is 17.0 Å². The number of carbonyl (C=O) groups excluding carboxylic acids is 1. The van der Waals surface area contributed by atoms with Crippen molar-refractivity contribution in [3.63, 3.8) is 0 Å². The molecule has 3 rings (SSSR count). The van der Waals surface area contributed by atoms with E-state index in [9.17, 15) is 4.79 Å². The quantitative estimate of drug-likeness (QED) is 0.943. The van der Waals surface area contributed by atoms with Crippen LogP contribution in [0.15, 0.2) is 34.9 Å². The number of nitrogens with one attached hydrogen (secondary N) is 1. The molecule has 1 N–H and O–H groups in total. The molecule has 1 fully saturated rings. The molecule has 1 aliphatic heterocycles. The van der Waals surface area contributed by atoms with E-state index in [4.69, 9.17) is 4.52 Å². The van der Waals surface area contributed by atoms with Crippen LogP contribution in [0.5, 0.6) is 0 Å². The fraction of sp³-hybridized carbons (Fsp3) is 0.375. The summed E-state index contributed by atoms with van der Waals surface area (Å²) in [5, 5.41) is 7.36. The van der Waals surface area contributed by atoms with Gasteiger partial charge in [0.25, 0.3) is 5.91 Å².